The minimum Gasteiger partial charge on any atom is -0.368 e. The lowest BCUT2D eigenvalue weighted by Crippen LogP contribution is -2.53. The molecule has 0 spiro atoms. The standard InChI is InChI=1S/C20H26N4O4/c1-14(25)24-7-6-15-13-16(4-5-17(15)24)21-20(27)23-10-8-22(9-11-23)19(26)18-3-2-12-28-18/h4-5,13,18H,2-3,6-12H2,1H3,(H,21,27). The van der Waals surface area contributed by atoms with Crippen molar-refractivity contribution < 1.29 is 19.1 Å². The molecular formula is C20H26N4O4. The Bertz CT molecular complexity index is 782. The average molecular weight is 386 g/mol. The molecule has 2 saturated heterocycles. The van der Waals surface area contributed by atoms with Crippen LogP contribution in [0.5, 0.6) is 0 Å². The van der Waals surface area contributed by atoms with E-state index in [4.69, 9.17) is 4.74 Å². The molecule has 1 N–H and O–H groups in total. The van der Waals surface area contributed by atoms with Crippen molar-refractivity contribution in [1.82, 2.24) is 9.80 Å². The van der Waals surface area contributed by atoms with Crippen LogP contribution < -0.4 is 10.2 Å². The van der Waals surface area contributed by atoms with Crippen LogP contribution in [0.2, 0.25) is 0 Å². The molecule has 3 aliphatic rings. The summed E-state index contributed by atoms with van der Waals surface area (Å²) in [6, 6.07) is 5.49. The Hall–Kier alpha value is -2.61. The molecule has 28 heavy (non-hydrogen) atoms. The molecule has 0 aliphatic carbocycles. The number of nitrogens with zero attached hydrogens (tertiary/aromatic N) is 3. The maximum Gasteiger partial charge on any atom is 0.321 e. The predicted molar refractivity (Wildman–Crippen MR) is 104 cm³/mol. The quantitative estimate of drug-likeness (QED) is 0.834. The average Bonchev–Trinajstić information content (AvgIpc) is 3.37. The third kappa shape index (κ3) is 3.69. The van der Waals surface area contributed by atoms with Gasteiger partial charge in [0.15, 0.2) is 0 Å². The maximum absolute atomic E-state index is 12.6. The van der Waals surface area contributed by atoms with Crippen molar-refractivity contribution >= 4 is 29.2 Å². The second-order valence-corrected chi connectivity index (χ2v) is 7.51. The minimum absolute atomic E-state index is 0.0333. The first-order chi connectivity index (χ1) is 13.5. The number of carbonyl (C=O) groups is 3. The number of amides is 4. The van der Waals surface area contributed by atoms with E-state index in [0.29, 0.717) is 39.3 Å². The lowest BCUT2D eigenvalue weighted by molar-refractivity contribution is -0.142. The molecule has 1 unspecified atom stereocenters. The monoisotopic (exact) mass is 386 g/mol. The minimum atomic E-state index is -0.304. The number of anilines is 2. The molecule has 0 radical (unpaired) electrons. The molecule has 8 nitrogen and oxygen atoms in total. The Kier molecular flexibility index (Phi) is 5.21. The van der Waals surface area contributed by atoms with E-state index in [9.17, 15) is 14.4 Å². The number of carbonyl (C=O) groups excluding carboxylic acids is 3. The van der Waals surface area contributed by atoms with Gasteiger partial charge in [0.1, 0.15) is 6.10 Å². The molecule has 0 bridgehead atoms. The van der Waals surface area contributed by atoms with Crippen LogP contribution in [0.4, 0.5) is 16.2 Å². The van der Waals surface area contributed by atoms with Crippen LogP contribution in [-0.4, -0.2) is 73.1 Å². The van der Waals surface area contributed by atoms with Gasteiger partial charge >= 0.3 is 6.03 Å². The number of hydrogen-bond acceptors (Lipinski definition) is 4. The van der Waals surface area contributed by atoms with Crippen LogP contribution in [0.3, 0.4) is 0 Å². The summed E-state index contributed by atoms with van der Waals surface area (Å²) in [5.41, 5.74) is 2.72. The highest BCUT2D eigenvalue weighted by atomic mass is 16.5. The fourth-order valence-corrected chi connectivity index (χ4v) is 4.12. The van der Waals surface area contributed by atoms with E-state index in [1.54, 1.807) is 21.6 Å². The van der Waals surface area contributed by atoms with Crippen LogP contribution >= 0.6 is 0 Å². The van der Waals surface area contributed by atoms with Crippen molar-refractivity contribution in [2.24, 2.45) is 0 Å². The molecule has 3 aliphatic heterocycles. The highest BCUT2D eigenvalue weighted by molar-refractivity contribution is 5.95. The third-order valence-electron chi connectivity index (χ3n) is 5.69. The SMILES string of the molecule is CC(=O)N1CCc2cc(NC(=O)N3CCN(C(=O)C4CCCO4)CC3)ccc21. The van der Waals surface area contributed by atoms with E-state index in [1.807, 2.05) is 18.2 Å². The second-order valence-electron chi connectivity index (χ2n) is 7.51. The maximum atomic E-state index is 12.6. The zero-order valence-electron chi connectivity index (χ0n) is 16.1. The predicted octanol–water partition coefficient (Wildman–Crippen LogP) is 1.45. The summed E-state index contributed by atoms with van der Waals surface area (Å²) in [5, 5.41) is 2.94. The number of benzene rings is 1. The number of nitrogens with one attached hydrogen (secondary N) is 1. The van der Waals surface area contributed by atoms with E-state index >= 15 is 0 Å². The molecule has 3 heterocycles. The molecule has 4 rings (SSSR count). The van der Waals surface area contributed by atoms with Crippen LogP contribution in [0, 0.1) is 0 Å². The number of fused-ring (bicyclic) bond motifs is 1. The van der Waals surface area contributed by atoms with Gasteiger partial charge in [0.2, 0.25) is 5.91 Å². The van der Waals surface area contributed by atoms with E-state index in [-0.39, 0.29) is 23.9 Å². The number of rotatable bonds is 2. The molecule has 4 amide bonds. The van der Waals surface area contributed by atoms with Crippen LogP contribution in [0.25, 0.3) is 0 Å². The largest absolute Gasteiger partial charge is 0.368 e. The Morgan fingerprint density at radius 3 is 2.50 bits per heavy atom. The van der Waals surface area contributed by atoms with E-state index < -0.39 is 0 Å². The van der Waals surface area contributed by atoms with Gasteiger partial charge in [0.05, 0.1) is 0 Å². The third-order valence-corrected chi connectivity index (χ3v) is 5.69. The van der Waals surface area contributed by atoms with Gasteiger partial charge in [0, 0.05) is 57.6 Å². The van der Waals surface area contributed by atoms with Gasteiger partial charge in [-0.2, -0.15) is 0 Å². The van der Waals surface area contributed by atoms with Crippen molar-refractivity contribution in [2.45, 2.75) is 32.3 Å². The molecular weight excluding hydrogens is 360 g/mol. The summed E-state index contributed by atoms with van der Waals surface area (Å²) >= 11 is 0. The summed E-state index contributed by atoms with van der Waals surface area (Å²) in [6.07, 6.45) is 2.21. The van der Waals surface area contributed by atoms with Gasteiger partial charge in [-0.05, 0) is 43.0 Å². The van der Waals surface area contributed by atoms with Gasteiger partial charge in [0.25, 0.3) is 5.91 Å². The van der Waals surface area contributed by atoms with Gasteiger partial charge in [-0.3, -0.25) is 9.59 Å². The first-order valence-electron chi connectivity index (χ1n) is 9.90. The lowest BCUT2D eigenvalue weighted by atomic mass is 10.1. The number of ether oxygens (including phenoxy) is 1. The summed E-state index contributed by atoms with van der Waals surface area (Å²) in [6.45, 7) is 4.98. The summed E-state index contributed by atoms with van der Waals surface area (Å²) in [5.74, 6) is 0.0807. The van der Waals surface area contributed by atoms with E-state index in [1.165, 1.54) is 0 Å². The Balaban J connectivity index is 1.31. The summed E-state index contributed by atoms with van der Waals surface area (Å²) in [7, 11) is 0. The topological polar surface area (TPSA) is 82.2 Å². The molecule has 0 saturated carbocycles. The van der Waals surface area contributed by atoms with Crippen molar-refractivity contribution in [3.8, 4) is 0 Å². The summed E-state index contributed by atoms with van der Waals surface area (Å²) in [4.78, 5) is 41.9. The van der Waals surface area contributed by atoms with Crippen molar-refractivity contribution in [1.29, 1.82) is 0 Å². The summed E-state index contributed by atoms with van der Waals surface area (Å²) < 4.78 is 5.47. The fourth-order valence-electron chi connectivity index (χ4n) is 4.12. The lowest BCUT2D eigenvalue weighted by Gasteiger charge is -2.35. The molecule has 2 fully saturated rings. The normalized spacial score (nSPS) is 21.6. The molecule has 1 aromatic rings. The zero-order valence-corrected chi connectivity index (χ0v) is 16.1. The number of piperazine rings is 1. The fraction of sp³-hybridized carbons (Fsp3) is 0.550. The van der Waals surface area contributed by atoms with Gasteiger partial charge in [-0.25, -0.2) is 4.79 Å². The molecule has 1 aromatic carbocycles. The first-order valence-corrected chi connectivity index (χ1v) is 9.90. The Morgan fingerprint density at radius 1 is 1.07 bits per heavy atom. The molecule has 0 aromatic heterocycles. The van der Waals surface area contributed by atoms with Gasteiger partial charge in [-0.15, -0.1) is 0 Å². The van der Waals surface area contributed by atoms with E-state index in [2.05, 4.69) is 5.32 Å². The number of hydrogen-bond donors (Lipinski definition) is 1. The van der Waals surface area contributed by atoms with Crippen molar-refractivity contribution in [2.75, 3.05) is 49.5 Å². The first kappa shape index (κ1) is 18.7. The van der Waals surface area contributed by atoms with Crippen LogP contribution in [-0.2, 0) is 20.7 Å². The zero-order chi connectivity index (χ0) is 19.7. The smallest absolute Gasteiger partial charge is 0.321 e. The molecule has 1 atom stereocenters. The van der Waals surface area contributed by atoms with Crippen molar-refractivity contribution in [3.05, 3.63) is 23.8 Å². The van der Waals surface area contributed by atoms with Crippen LogP contribution in [0.15, 0.2) is 18.2 Å². The van der Waals surface area contributed by atoms with Crippen LogP contribution in [0.1, 0.15) is 25.3 Å². The Morgan fingerprint density at radius 2 is 1.82 bits per heavy atom. The van der Waals surface area contributed by atoms with Gasteiger partial charge < -0.3 is 24.8 Å². The highest BCUT2D eigenvalue weighted by Crippen LogP contribution is 2.30. The van der Waals surface area contributed by atoms with E-state index in [0.717, 1.165) is 36.2 Å². The number of urea groups is 1. The van der Waals surface area contributed by atoms with Gasteiger partial charge in [-0.1, -0.05) is 0 Å². The highest BCUT2D eigenvalue weighted by Gasteiger charge is 2.31. The second kappa shape index (κ2) is 7.79. The Labute approximate surface area is 164 Å². The molecule has 8 heteroatoms. The van der Waals surface area contributed by atoms with Crippen molar-refractivity contribution in [3.63, 3.8) is 0 Å². The molecule has 150 valence electrons.